The fourth-order valence-electron chi connectivity index (χ4n) is 2.59. The van der Waals surface area contributed by atoms with Crippen molar-refractivity contribution >= 4 is 11.5 Å². The minimum Gasteiger partial charge on any atom is -0.394 e. The Morgan fingerprint density at radius 2 is 2.12 bits per heavy atom. The predicted molar refractivity (Wildman–Crippen MR) is 72.1 cm³/mol. The van der Waals surface area contributed by atoms with E-state index in [0.717, 1.165) is 36.5 Å². The number of hydrogen-bond acceptors (Lipinski definition) is 3. The van der Waals surface area contributed by atoms with Gasteiger partial charge < -0.3 is 11.1 Å². The van der Waals surface area contributed by atoms with Crippen LogP contribution >= 0.6 is 0 Å². The third kappa shape index (κ3) is 2.13. The second kappa shape index (κ2) is 4.59. The maximum Gasteiger partial charge on any atom is 0.148 e. The summed E-state index contributed by atoms with van der Waals surface area (Å²) in [5, 5.41) is 8.14. The summed E-state index contributed by atoms with van der Waals surface area (Å²) < 4.78 is 1.90. The van der Waals surface area contributed by atoms with Gasteiger partial charge in [0.1, 0.15) is 5.82 Å². The maximum absolute atomic E-state index is 6.19. The predicted octanol–water partition coefficient (Wildman–Crippen LogP) is 2.70. The Bertz CT molecular complexity index is 385. The van der Waals surface area contributed by atoms with E-state index in [1.807, 2.05) is 11.7 Å². The second-order valence-corrected chi connectivity index (χ2v) is 5.20. The molecule has 1 aliphatic carbocycles. The third-order valence-electron chi connectivity index (χ3n) is 4.02. The minimum absolute atomic E-state index is 0.269. The van der Waals surface area contributed by atoms with Crippen LogP contribution in [0, 0.1) is 0 Å². The zero-order valence-electron chi connectivity index (χ0n) is 11.2. The molecule has 96 valence electrons. The van der Waals surface area contributed by atoms with E-state index in [1.165, 1.54) is 19.3 Å². The van der Waals surface area contributed by atoms with Crippen molar-refractivity contribution in [2.75, 3.05) is 11.1 Å². The first-order valence-corrected chi connectivity index (χ1v) is 6.71. The van der Waals surface area contributed by atoms with Gasteiger partial charge in [-0.3, -0.25) is 4.68 Å². The Hall–Kier alpha value is -1.19. The number of anilines is 2. The van der Waals surface area contributed by atoms with E-state index < -0.39 is 0 Å². The molecule has 17 heavy (non-hydrogen) atoms. The largest absolute Gasteiger partial charge is 0.394 e. The lowest BCUT2D eigenvalue weighted by Gasteiger charge is -2.42. The summed E-state index contributed by atoms with van der Waals surface area (Å²) in [5.74, 6) is 1.01. The van der Waals surface area contributed by atoms with Crippen LogP contribution in [0.3, 0.4) is 0 Å². The van der Waals surface area contributed by atoms with Gasteiger partial charge >= 0.3 is 0 Å². The Morgan fingerprint density at radius 3 is 2.59 bits per heavy atom. The van der Waals surface area contributed by atoms with Crippen molar-refractivity contribution < 1.29 is 0 Å². The molecule has 0 aromatic carbocycles. The summed E-state index contributed by atoms with van der Waals surface area (Å²) >= 11 is 0. The van der Waals surface area contributed by atoms with Crippen LogP contribution in [0.1, 0.15) is 51.6 Å². The lowest BCUT2D eigenvalue weighted by atomic mass is 9.75. The fourth-order valence-corrected chi connectivity index (χ4v) is 2.59. The molecule has 0 aliphatic heterocycles. The van der Waals surface area contributed by atoms with Gasteiger partial charge in [-0.15, -0.1) is 0 Å². The molecule has 1 aromatic rings. The molecule has 0 spiro atoms. The lowest BCUT2D eigenvalue weighted by molar-refractivity contribution is 0.268. The first kappa shape index (κ1) is 12.3. The van der Waals surface area contributed by atoms with Crippen LogP contribution < -0.4 is 11.1 Å². The van der Waals surface area contributed by atoms with Gasteiger partial charge in [-0.05, 0) is 32.1 Å². The van der Waals surface area contributed by atoms with Crippen molar-refractivity contribution in [3.8, 4) is 0 Å². The smallest absolute Gasteiger partial charge is 0.148 e. The molecule has 0 radical (unpaired) electrons. The molecule has 1 saturated carbocycles. The molecule has 3 N–H and O–H groups in total. The van der Waals surface area contributed by atoms with Crippen molar-refractivity contribution in [3.05, 3.63) is 5.69 Å². The first-order valence-electron chi connectivity index (χ1n) is 6.71. The van der Waals surface area contributed by atoms with Crippen LogP contribution in [0.5, 0.6) is 0 Å². The molecule has 2 rings (SSSR count). The summed E-state index contributed by atoms with van der Waals surface area (Å²) in [6.45, 7) is 4.40. The highest BCUT2D eigenvalue weighted by molar-refractivity contribution is 5.66. The molecular weight excluding hydrogens is 212 g/mol. The van der Waals surface area contributed by atoms with E-state index in [-0.39, 0.29) is 5.54 Å². The van der Waals surface area contributed by atoms with E-state index in [2.05, 4.69) is 24.3 Å². The zero-order valence-corrected chi connectivity index (χ0v) is 11.2. The average Bonchev–Trinajstić information content (AvgIpc) is 2.51. The molecule has 4 heteroatoms. The SMILES string of the molecule is CCCc1nn(C)c(NC2(CC)CCC2)c1N. The van der Waals surface area contributed by atoms with E-state index in [1.54, 1.807) is 0 Å². The molecule has 4 nitrogen and oxygen atoms in total. The van der Waals surface area contributed by atoms with E-state index in [4.69, 9.17) is 5.73 Å². The molecule has 1 aliphatic rings. The molecule has 0 saturated heterocycles. The van der Waals surface area contributed by atoms with Gasteiger partial charge in [0, 0.05) is 12.6 Å². The number of rotatable bonds is 5. The number of hydrogen-bond donors (Lipinski definition) is 2. The standard InChI is InChI=1S/C13H24N4/c1-4-7-10-11(14)12(17(3)16-10)15-13(5-2)8-6-9-13/h15H,4-9,14H2,1-3H3. The van der Waals surface area contributed by atoms with Crippen LogP contribution in [-0.2, 0) is 13.5 Å². The van der Waals surface area contributed by atoms with Crippen molar-refractivity contribution in [1.29, 1.82) is 0 Å². The number of nitrogens with zero attached hydrogens (tertiary/aromatic N) is 2. The fraction of sp³-hybridized carbons (Fsp3) is 0.769. The highest BCUT2D eigenvalue weighted by Gasteiger charge is 2.36. The Kier molecular flexibility index (Phi) is 3.31. The summed E-state index contributed by atoms with van der Waals surface area (Å²) in [4.78, 5) is 0. The number of aryl methyl sites for hydroxylation is 2. The van der Waals surface area contributed by atoms with Crippen LogP contribution in [0.4, 0.5) is 11.5 Å². The number of nitrogen functional groups attached to an aromatic ring is 1. The maximum atomic E-state index is 6.19. The van der Waals surface area contributed by atoms with Gasteiger partial charge in [-0.25, -0.2) is 0 Å². The number of nitrogens with one attached hydrogen (secondary N) is 1. The van der Waals surface area contributed by atoms with Crippen LogP contribution in [0.2, 0.25) is 0 Å². The Balaban J connectivity index is 2.20. The van der Waals surface area contributed by atoms with Crippen molar-refractivity contribution in [3.63, 3.8) is 0 Å². The summed E-state index contributed by atoms with van der Waals surface area (Å²) in [6, 6.07) is 0. The average molecular weight is 236 g/mol. The first-order chi connectivity index (χ1) is 8.12. The molecule has 0 atom stereocenters. The van der Waals surface area contributed by atoms with Gasteiger partial charge in [0.05, 0.1) is 11.4 Å². The molecule has 0 bridgehead atoms. The monoisotopic (exact) mass is 236 g/mol. The molecule has 1 heterocycles. The van der Waals surface area contributed by atoms with E-state index in [0.29, 0.717) is 0 Å². The molecule has 0 unspecified atom stereocenters. The molecule has 0 amide bonds. The summed E-state index contributed by atoms with van der Waals surface area (Å²) in [5.41, 5.74) is 8.33. The summed E-state index contributed by atoms with van der Waals surface area (Å²) in [7, 11) is 1.97. The number of nitrogens with two attached hydrogens (primary N) is 1. The van der Waals surface area contributed by atoms with E-state index >= 15 is 0 Å². The van der Waals surface area contributed by atoms with Crippen molar-refractivity contribution in [2.24, 2.45) is 7.05 Å². The van der Waals surface area contributed by atoms with Gasteiger partial charge in [-0.2, -0.15) is 5.10 Å². The highest BCUT2D eigenvalue weighted by atomic mass is 15.3. The Labute approximate surface area is 104 Å². The Morgan fingerprint density at radius 1 is 1.41 bits per heavy atom. The molecular formula is C13H24N4. The van der Waals surface area contributed by atoms with Crippen molar-refractivity contribution in [2.45, 2.75) is 57.9 Å². The summed E-state index contributed by atoms with van der Waals surface area (Å²) in [6.07, 6.45) is 7.01. The third-order valence-corrected chi connectivity index (χ3v) is 4.02. The lowest BCUT2D eigenvalue weighted by Crippen LogP contribution is -2.44. The quantitative estimate of drug-likeness (QED) is 0.826. The van der Waals surface area contributed by atoms with E-state index in [9.17, 15) is 0 Å². The number of aromatic nitrogens is 2. The second-order valence-electron chi connectivity index (χ2n) is 5.20. The van der Waals surface area contributed by atoms with Gasteiger partial charge in [0.15, 0.2) is 0 Å². The highest BCUT2D eigenvalue weighted by Crippen LogP contribution is 2.39. The van der Waals surface area contributed by atoms with Gasteiger partial charge in [0.2, 0.25) is 0 Å². The zero-order chi connectivity index (χ0) is 12.5. The van der Waals surface area contributed by atoms with Crippen molar-refractivity contribution in [1.82, 2.24) is 9.78 Å². The normalized spacial score (nSPS) is 17.8. The van der Waals surface area contributed by atoms with Gasteiger partial charge in [-0.1, -0.05) is 20.3 Å². The topological polar surface area (TPSA) is 55.9 Å². The van der Waals surface area contributed by atoms with Gasteiger partial charge in [0.25, 0.3) is 0 Å². The van der Waals surface area contributed by atoms with Crippen LogP contribution in [-0.4, -0.2) is 15.3 Å². The van der Waals surface area contributed by atoms with Crippen LogP contribution in [0.25, 0.3) is 0 Å². The molecule has 1 fully saturated rings. The van der Waals surface area contributed by atoms with Crippen LogP contribution in [0.15, 0.2) is 0 Å². The molecule has 1 aromatic heterocycles. The minimum atomic E-state index is 0.269.